The molecule has 1 aromatic rings. The highest BCUT2D eigenvalue weighted by atomic mass is 32.2. The third-order valence-corrected chi connectivity index (χ3v) is 5.52. The van der Waals surface area contributed by atoms with E-state index >= 15 is 0 Å². The molecule has 1 atom stereocenters. The molecule has 1 aromatic carbocycles. The normalized spacial score (nSPS) is 19.1. The van der Waals surface area contributed by atoms with Gasteiger partial charge in [-0.05, 0) is 6.07 Å². The Bertz CT molecular complexity index is 390. The Morgan fingerprint density at radius 1 is 1.06 bits per heavy atom. The van der Waals surface area contributed by atoms with Crippen molar-refractivity contribution in [1.82, 2.24) is 0 Å². The second-order valence-electron chi connectivity index (χ2n) is 3.57. The molecule has 0 aliphatic carbocycles. The van der Waals surface area contributed by atoms with E-state index in [0.29, 0.717) is 16.7 Å². The topological polar surface area (TPSA) is 27.7 Å². The SMILES string of the molecule is COc1ccc(C2CSCS2)c(OC)c1OC. The van der Waals surface area contributed by atoms with E-state index in [4.69, 9.17) is 14.2 Å². The highest BCUT2D eigenvalue weighted by Gasteiger charge is 2.25. The summed E-state index contributed by atoms with van der Waals surface area (Å²) in [4.78, 5) is 0. The van der Waals surface area contributed by atoms with Gasteiger partial charge in [-0.25, -0.2) is 0 Å². The molecule has 2 rings (SSSR count). The van der Waals surface area contributed by atoms with Crippen molar-refractivity contribution in [2.45, 2.75) is 5.25 Å². The summed E-state index contributed by atoms with van der Waals surface area (Å²) in [5, 5.41) is 1.62. The molecule has 0 radical (unpaired) electrons. The minimum Gasteiger partial charge on any atom is -0.493 e. The van der Waals surface area contributed by atoms with Gasteiger partial charge in [-0.2, -0.15) is 0 Å². The second kappa shape index (κ2) is 5.78. The van der Waals surface area contributed by atoms with Crippen molar-refractivity contribution in [1.29, 1.82) is 0 Å². The van der Waals surface area contributed by atoms with Gasteiger partial charge in [-0.15, -0.1) is 23.5 Å². The predicted octanol–water partition coefficient (Wildman–Crippen LogP) is 3.19. The van der Waals surface area contributed by atoms with Gasteiger partial charge < -0.3 is 14.2 Å². The van der Waals surface area contributed by atoms with E-state index in [2.05, 4.69) is 6.07 Å². The van der Waals surface area contributed by atoms with E-state index in [9.17, 15) is 0 Å². The molecular formula is C12H16O3S2. The van der Waals surface area contributed by atoms with Gasteiger partial charge >= 0.3 is 0 Å². The average Bonchev–Trinajstić information content (AvgIpc) is 2.90. The van der Waals surface area contributed by atoms with Crippen molar-refractivity contribution in [2.75, 3.05) is 32.2 Å². The summed E-state index contributed by atoms with van der Waals surface area (Å²) >= 11 is 3.90. The minimum absolute atomic E-state index is 0.481. The van der Waals surface area contributed by atoms with Crippen LogP contribution in [0.1, 0.15) is 10.8 Å². The van der Waals surface area contributed by atoms with Crippen molar-refractivity contribution in [3.05, 3.63) is 17.7 Å². The Morgan fingerprint density at radius 3 is 2.35 bits per heavy atom. The Morgan fingerprint density at radius 2 is 1.82 bits per heavy atom. The van der Waals surface area contributed by atoms with Crippen LogP contribution in [0.25, 0.3) is 0 Å². The van der Waals surface area contributed by atoms with Gasteiger partial charge in [-0.1, -0.05) is 6.07 Å². The lowest BCUT2D eigenvalue weighted by Crippen LogP contribution is -2.01. The number of hydrogen-bond donors (Lipinski definition) is 0. The van der Waals surface area contributed by atoms with Gasteiger partial charge in [0.15, 0.2) is 11.5 Å². The molecule has 3 nitrogen and oxygen atoms in total. The Labute approximate surface area is 110 Å². The van der Waals surface area contributed by atoms with E-state index in [1.807, 2.05) is 29.6 Å². The van der Waals surface area contributed by atoms with E-state index in [1.54, 1.807) is 21.3 Å². The van der Waals surface area contributed by atoms with Crippen molar-refractivity contribution in [3.63, 3.8) is 0 Å². The molecule has 1 aliphatic heterocycles. The first-order chi connectivity index (χ1) is 8.31. The van der Waals surface area contributed by atoms with Gasteiger partial charge in [0, 0.05) is 21.7 Å². The maximum atomic E-state index is 5.49. The second-order valence-corrected chi connectivity index (χ2v) is 6.15. The molecule has 1 aliphatic rings. The Hall–Kier alpha value is -0.680. The highest BCUT2D eigenvalue weighted by molar-refractivity contribution is 8.19. The fourth-order valence-electron chi connectivity index (χ4n) is 1.89. The summed E-state index contributed by atoms with van der Waals surface area (Å²) in [5.41, 5.74) is 1.19. The lowest BCUT2D eigenvalue weighted by Gasteiger charge is -2.18. The third kappa shape index (κ3) is 2.45. The Balaban J connectivity index is 2.44. The fourth-order valence-corrected chi connectivity index (χ4v) is 4.75. The van der Waals surface area contributed by atoms with Gasteiger partial charge in [0.25, 0.3) is 0 Å². The van der Waals surface area contributed by atoms with Crippen LogP contribution in [0.3, 0.4) is 0 Å². The third-order valence-electron chi connectivity index (χ3n) is 2.70. The molecule has 0 amide bonds. The highest BCUT2D eigenvalue weighted by Crippen LogP contribution is 2.49. The van der Waals surface area contributed by atoms with E-state index < -0.39 is 0 Å². The first-order valence-electron chi connectivity index (χ1n) is 5.30. The van der Waals surface area contributed by atoms with Crippen LogP contribution in [0.15, 0.2) is 12.1 Å². The minimum atomic E-state index is 0.481. The molecule has 17 heavy (non-hydrogen) atoms. The molecule has 0 aromatic heterocycles. The molecule has 0 saturated carbocycles. The predicted molar refractivity (Wildman–Crippen MR) is 73.8 cm³/mol. The number of thioether (sulfide) groups is 2. The van der Waals surface area contributed by atoms with Crippen molar-refractivity contribution in [2.24, 2.45) is 0 Å². The molecular weight excluding hydrogens is 256 g/mol. The lowest BCUT2D eigenvalue weighted by molar-refractivity contribution is 0.322. The fraction of sp³-hybridized carbons (Fsp3) is 0.500. The standard InChI is InChI=1S/C12H16O3S2/c1-13-9-5-4-8(10-6-16-7-17-10)11(14-2)12(9)15-3/h4-5,10H,6-7H2,1-3H3. The molecule has 0 N–H and O–H groups in total. The first-order valence-corrected chi connectivity index (χ1v) is 7.50. The summed E-state index contributed by atoms with van der Waals surface area (Å²) in [7, 11) is 4.95. The zero-order chi connectivity index (χ0) is 12.3. The van der Waals surface area contributed by atoms with E-state index in [1.165, 1.54) is 5.56 Å². The number of hydrogen-bond acceptors (Lipinski definition) is 5. The number of methoxy groups -OCH3 is 3. The quantitative estimate of drug-likeness (QED) is 0.839. The summed E-state index contributed by atoms with van der Waals surface area (Å²) in [6.07, 6.45) is 0. The van der Waals surface area contributed by atoms with Crippen molar-refractivity contribution < 1.29 is 14.2 Å². The van der Waals surface area contributed by atoms with Gasteiger partial charge in [0.05, 0.1) is 21.3 Å². The van der Waals surface area contributed by atoms with Crippen LogP contribution in [0.4, 0.5) is 0 Å². The average molecular weight is 272 g/mol. The molecule has 1 fully saturated rings. The first kappa shape index (κ1) is 12.8. The molecule has 94 valence electrons. The van der Waals surface area contributed by atoms with Gasteiger partial charge in [0.2, 0.25) is 5.75 Å². The summed E-state index contributed by atoms with van der Waals surface area (Å²) in [6.45, 7) is 0. The monoisotopic (exact) mass is 272 g/mol. The van der Waals surface area contributed by atoms with E-state index in [0.717, 1.165) is 16.6 Å². The van der Waals surface area contributed by atoms with E-state index in [-0.39, 0.29) is 0 Å². The molecule has 1 heterocycles. The zero-order valence-electron chi connectivity index (χ0n) is 10.2. The van der Waals surface area contributed by atoms with Crippen LogP contribution < -0.4 is 14.2 Å². The number of ether oxygens (including phenoxy) is 3. The van der Waals surface area contributed by atoms with Crippen molar-refractivity contribution in [3.8, 4) is 17.2 Å². The van der Waals surface area contributed by atoms with Crippen molar-refractivity contribution >= 4 is 23.5 Å². The Kier molecular flexibility index (Phi) is 4.34. The summed E-state index contributed by atoms with van der Waals surface area (Å²) < 4.78 is 16.2. The molecule has 0 bridgehead atoms. The smallest absolute Gasteiger partial charge is 0.203 e. The summed E-state index contributed by atoms with van der Waals surface area (Å²) in [6, 6.07) is 4.02. The summed E-state index contributed by atoms with van der Waals surface area (Å²) in [5.74, 6) is 3.32. The van der Waals surface area contributed by atoms with Crippen LogP contribution in [-0.2, 0) is 0 Å². The maximum Gasteiger partial charge on any atom is 0.203 e. The van der Waals surface area contributed by atoms with Crippen LogP contribution >= 0.6 is 23.5 Å². The largest absolute Gasteiger partial charge is 0.493 e. The number of benzene rings is 1. The lowest BCUT2D eigenvalue weighted by atomic mass is 10.1. The number of rotatable bonds is 4. The molecule has 0 spiro atoms. The molecule has 1 unspecified atom stereocenters. The van der Waals surface area contributed by atoms with Crippen LogP contribution in [-0.4, -0.2) is 32.2 Å². The van der Waals surface area contributed by atoms with Crippen LogP contribution in [0, 0.1) is 0 Å². The molecule has 5 heteroatoms. The maximum absolute atomic E-state index is 5.49. The van der Waals surface area contributed by atoms with Gasteiger partial charge in [0.1, 0.15) is 0 Å². The molecule has 1 saturated heterocycles. The van der Waals surface area contributed by atoms with Crippen LogP contribution in [0.5, 0.6) is 17.2 Å². The van der Waals surface area contributed by atoms with Gasteiger partial charge in [-0.3, -0.25) is 0 Å². The zero-order valence-corrected chi connectivity index (χ0v) is 11.8. The van der Waals surface area contributed by atoms with Crippen LogP contribution in [0.2, 0.25) is 0 Å².